The van der Waals surface area contributed by atoms with Crippen LogP contribution >= 0.6 is 11.6 Å². The van der Waals surface area contributed by atoms with Crippen LogP contribution in [0.15, 0.2) is 17.0 Å². The second-order valence-electron chi connectivity index (χ2n) is 5.48. The number of rotatable bonds is 6. The van der Waals surface area contributed by atoms with Crippen molar-refractivity contribution in [2.45, 2.75) is 44.6 Å². The number of nitrogens with one attached hydrogen (secondary N) is 1. The fourth-order valence-electron chi connectivity index (χ4n) is 2.63. The Morgan fingerprint density at radius 2 is 1.95 bits per heavy atom. The number of benzene rings is 1. The molecule has 1 aromatic rings. The summed E-state index contributed by atoms with van der Waals surface area (Å²) in [5.41, 5.74) is 1.75. The Kier molecular flexibility index (Phi) is 5.66. The summed E-state index contributed by atoms with van der Waals surface area (Å²) in [5.74, 6) is 0. The molecule has 0 saturated carbocycles. The molecular formula is C15H23ClN2O2S. The molecule has 2 rings (SSSR count). The van der Waals surface area contributed by atoms with E-state index in [-0.39, 0.29) is 0 Å². The maximum Gasteiger partial charge on any atom is 0.243 e. The molecule has 1 N–H and O–H groups in total. The molecule has 118 valence electrons. The van der Waals surface area contributed by atoms with Gasteiger partial charge in [-0.1, -0.05) is 18.5 Å². The van der Waals surface area contributed by atoms with Crippen molar-refractivity contribution in [2.75, 3.05) is 19.6 Å². The minimum absolute atomic E-state index is 0.352. The van der Waals surface area contributed by atoms with Crippen LogP contribution in [0.25, 0.3) is 0 Å². The van der Waals surface area contributed by atoms with Crippen LogP contribution in [0.3, 0.4) is 0 Å². The largest absolute Gasteiger partial charge is 0.313 e. The molecule has 0 bridgehead atoms. The zero-order valence-corrected chi connectivity index (χ0v) is 14.2. The minimum atomic E-state index is -3.42. The summed E-state index contributed by atoms with van der Waals surface area (Å²) < 4.78 is 27.0. The van der Waals surface area contributed by atoms with Gasteiger partial charge in [0.2, 0.25) is 10.0 Å². The monoisotopic (exact) mass is 330 g/mol. The molecule has 21 heavy (non-hydrogen) atoms. The molecule has 0 unspecified atom stereocenters. The average molecular weight is 331 g/mol. The quantitative estimate of drug-likeness (QED) is 0.816. The van der Waals surface area contributed by atoms with Gasteiger partial charge in [-0.25, -0.2) is 8.42 Å². The Labute approximate surface area is 132 Å². The minimum Gasteiger partial charge on any atom is -0.313 e. The van der Waals surface area contributed by atoms with Crippen LogP contribution < -0.4 is 5.32 Å². The number of sulfonamides is 1. The molecule has 0 radical (unpaired) electrons. The summed E-state index contributed by atoms with van der Waals surface area (Å²) in [7, 11) is -3.42. The second-order valence-corrected chi connectivity index (χ2v) is 7.82. The predicted octanol–water partition coefficient (Wildman–Crippen LogP) is 2.93. The van der Waals surface area contributed by atoms with Gasteiger partial charge in [-0.15, -0.1) is 0 Å². The van der Waals surface area contributed by atoms with E-state index in [1.807, 2.05) is 13.0 Å². The Morgan fingerprint density at radius 1 is 1.29 bits per heavy atom. The highest BCUT2D eigenvalue weighted by Crippen LogP contribution is 2.28. The molecule has 1 aliphatic heterocycles. The number of nitrogens with zero attached hydrogens (tertiary/aromatic N) is 1. The van der Waals surface area contributed by atoms with Crippen molar-refractivity contribution in [1.82, 2.24) is 9.62 Å². The van der Waals surface area contributed by atoms with Gasteiger partial charge >= 0.3 is 0 Å². The van der Waals surface area contributed by atoms with E-state index in [9.17, 15) is 8.42 Å². The fourth-order valence-corrected chi connectivity index (χ4v) is 4.74. The Balaban J connectivity index is 2.34. The van der Waals surface area contributed by atoms with Crippen LogP contribution in [0, 0.1) is 6.92 Å². The lowest BCUT2D eigenvalue weighted by Gasteiger charge is -2.19. The van der Waals surface area contributed by atoms with E-state index in [0.717, 1.165) is 36.9 Å². The zero-order chi connectivity index (χ0) is 15.5. The topological polar surface area (TPSA) is 49.4 Å². The maximum atomic E-state index is 12.7. The van der Waals surface area contributed by atoms with Crippen molar-refractivity contribution < 1.29 is 8.42 Å². The Hall–Kier alpha value is -0.620. The first-order chi connectivity index (χ1) is 9.96. The van der Waals surface area contributed by atoms with Gasteiger partial charge in [0, 0.05) is 24.7 Å². The molecular weight excluding hydrogens is 308 g/mol. The van der Waals surface area contributed by atoms with E-state index in [1.54, 1.807) is 10.4 Å². The highest BCUT2D eigenvalue weighted by molar-refractivity contribution is 7.89. The van der Waals surface area contributed by atoms with Crippen molar-refractivity contribution in [3.8, 4) is 0 Å². The SMILES string of the molecule is CCCNCc1cc(Cl)cc(S(=O)(=O)N2CCCC2)c1C. The lowest BCUT2D eigenvalue weighted by molar-refractivity contribution is 0.477. The lowest BCUT2D eigenvalue weighted by atomic mass is 10.1. The molecule has 0 atom stereocenters. The summed E-state index contributed by atoms with van der Waals surface area (Å²) in [6, 6.07) is 3.43. The molecule has 0 aliphatic carbocycles. The Morgan fingerprint density at radius 3 is 2.57 bits per heavy atom. The molecule has 0 amide bonds. The van der Waals surface area contributed by atoms with Crippen LogP contribution in [-0.4, -0.2) is 32.4 Å². The van der Waals surface area contributed by atoms with Gasteiger partial charge in [-0.2, -0.15) is 4.31 Å². The van der Waals surface area contributed by atoms with Gasteiger partial charge < -0.3 is 5.32 Å². The van der Waals surface area contributed by atoms with Crippen LogP contribution in [0.5, 0.6) is 0 Å². The van der Waals surface area contributed by atoms with Crippen LogP contribution in [0.2, 0.25) is 5.02 Å². The molecule has 1 aliphatic rings. The van der Waals surface area contributed by atoms with Gasteiger partial charge in [0.05, 0.1) is 4.90 Å². The van der Waals surface area contributed by atoms with E-state index < -0.39 is 10.0 Å². The van der Waals surface area contributed by atoms with Crippen molar-refractivity contribution in [3.63, 3.8) is 0 Å². The molecule has 0 aromatic heterocycles. The molecule has 1 saturated heterocycles. The summed E-state index contributed by atoms with van der Waals surface area (Å²) in [4.78, 5) is 0.352. The van der Waals surface area contributed by atoms with E-state index in [2.05, 4.69) is 12.2 Å². The smallest absolute Gasteiger partial charge is 0.243 e. The third kappa shape index (κ3) is 3.77. The lowest BCUT2D eigenvalue weighted by Crippen LogP contribution is -2.29. The van der Waals surface area contributed by atoms with Crippen LogP contribution in [0.1, 0.15) is 37.3 Å². The van der Waals surface area contributed by atoms with E-state index in [1.165, 1.54) is 0 Å². The normalized spacial score (nSPS) is 16.5. The van der Waals surface area contributed by atoms with Crippen molar-refractivity contribution in [1.29, 1.82) is 0 Å². The van der Waals surface area contributed by atoms with Gasteiger partial charge in [0.25, 0.3) is 0 Å². The number of halogens is 1. The van der Waals surface area contributed by atoms with Crippen LogP contribution in [0.4, 0.5) is 0 Å². The molecule has 1 heterocycles. The molecule has 6 heteroatoms. The predicted molar refractivity (Wildman–Crippen MR) is 86.2 cm³/mol. The first-order valence-electron chi connectivity index (χ1n) is 7.46. The summed E-state index contributed by atoms with van der Waals surface area (Å²) in [6.45, 7) is 6.72. The van der Waals surface area contributed by atoms with Gasteiger partial charge in [0.15, 0.2) is 0 Å². The zero-order valence-electron chi connectivity index (χ0n) is 12.7. The first-order valence-corrected chi connectivity index (χ1v) is 9.28. The standard InChI is InChI=1S/C15H23ClN2O2S/c1-3-6-17-11-13-9-14(16)10-15(12(13)2)21(19,20)18-7-4-5-8-18/h9-10,17H,3-8,11H2,1-2H3. The molecule has 1 aromatic carbocycles. The second kappa shape index (κ2) is 7.09. The first kappa shape index (κ1) is 16.7. The van der Waals surface area contributed by atoms with Crippen molar-refractivity contribution in [2.24, 2.45) is 0 Å². The Bertz CT molecular complexity index is 596. The van der Waals surface area contributed by atoms with E-state index >= 15 is 0 Å². The molecule has 1 fully saturated rings. The average Bonchev–Trinajstić information content (AvgIpc) is 2.97. The fraction of sp³-hybridized carbons (Fsp3) is 0.600. The van der Waals surface area contributed by atoms with Gasteiger partial charge in [-0.3, -0.25) is 0 Å². The van der Waals surface area contributed by atoms with Gasteiger partial charge in [0.1, 0.15) is 0 Å². The van der Waals surface area contributed by atoms with Gasteiger partial charge in [-0.05, 0) is 56.0 Å². The molecule has 0 spiro atoms. The van der Waals surface area contributed by atoms with E-state index in [0.29, 0.717) is 29.6 Å². The molecule has 4 nitrogen and oxygen atoms in total. The maximum absolute atomic E-state index is 12.7. The highest BCUT2D eigenvalue weighted by Gasteiger charge is 2.29. The van der Waals surface area contributed by atoms with E-state index in [4.69, 9.17) is 11.6 Å². The number of hydrogen-bond donors (Lipinski definition) is 1. The van der Waals surface area contributed by atoms with Crippen molar-refractivity contribution >= 4 is 21.6 Å². The summed E-state index contributed by atoms with van der Waals surface area (Å²) >= 11 is 6.14. The summed E-state index contributed by atoms with van der Waals surface area (Å²) in [5, 5.41) is 3.78. The van der Waals surface area contributed by atoms with Crippen LogP contribution in [-0.2, 0) is 16.6 Å². The number of hydrogen-bond acceptors (Lipinski definition) is 3. The third-order valence-corrected chi connectivity index (χ3v) is 6.10. The third-order valence-electron chi connectivity index (χ3n) is 3.86. The van der Waals surface area contributed by atoms with Crippen molar-refractivity contribution in [3.05, 3.63) is 28.3 Å². The highest BCUT2D eigenvalue weighted by atomic mass is 35.5. The summed E-state index contributed by atoms with van der Waals surface area (Å²) in [6.07, 6.45) is 2.91.